The molecule has 1 aliphatic rings. The molecule has 3 rings (SSSR count). The van der Waals surface area contributed by atoms with Gasteiger partial charge in [0, 0.05) is 23.9 Å². The molecule has 1 aliphatic heterocycles. The summed E-state index contributed by atoms with van der Waals surface area (Å²) >= 11 is 1.67. The molecular formula is C18H29N7S. The van der Waals surface area contributed by atoms with Gasteiger partial charge >= 0.3 is 0 Å². The summed E-state index contributed by atoms with van der Waals surface area (Å²) in [5.41, 5.74) is 1.20. The first-order valence-corrected chi connectivity index (χ1v) is 10.2. The van der Waals surface area contributed by atoms with Crippen LogP contribution in [-0.4, -0.2) is 32.3 Å². The van der Waals surface area contributed by atoms with E-state index in [0.717, 1.165) is 54.2 Å². The van der Waals surface area contributed by atoms with Crippen LogP contribution >= 0.6 is 11.3 Å². The van der Waals surface area contributed by atoms with E-state index >= 15 is 0 Å². The molecule has 0 saturated carbocycles. The highest BCUT2D eigenvalue weighted by Gasteiger charge is 2.24. The third-order valence-corrected chi connectivity index (χ3v) is 5.16. The minimum absolute atomic E-state index is 0.0746. The molecule has 0 aliphatic carbocycles. The molecule has 2 aromatic rings. The van der Waals surface area contributed by atoms with Gasteiger partial charge in [-0.05, 0) is 26.7 Å². The molecule has 1 atom stereocenters. The van der Waals surface area contributed by atoms with Crippen LogP contribution < -0.4 is 10.6 Å². The molecule has 0 spiro atoms. The Hall–Kier alpha value is -1.96. The van der Waals surface area contributed by atoms with Crippen LogP contribution in [0.25, 0.3) is 0 Å². The van der Waals surface area contributed by atoms with Crippen LogP contribution in [0.4, 0.5) is 0 Å². The summed E-state index contributed by atoms with van der Waals surface area (Å²) in [6, 6.07) is 0.143. The molecule has 8 heteroatoms. The molecular weight excluding hydrogens is 346 g/mol. The molecule has 142 valence electrons. The van der Waals surface area contributed by atoms with E-state index in [2.05, 4.69) is 53.8 Å². The molecule has 1 unspecified atom stereocenters. The lowest BCUT2D eigenvalue weighted by Gasteiger charge is -2.24. The van der Waals surface area contributed by atoms with Crippen LogP contribution in [0.15, 0.2) is 10.4 Å². The van der Waals surface area contributed by atoms with Crippen molar-refractivity contribution in [1.82, 2.24) is 30.4 Å². The predicted octanol–water partition coefficient (Wildman–Crippen LogP) is 2.93. The van der Waals surface area contributed by atoms with Crippen molar-refractivity contribution in [3.05, 3.63) is 27.7 Å². The molecule has 2 aromatic heterocycles. The smallest absolute Gasteiger partial charge is 0.192 e. The van der Waals surface area contributed by atoms with E-state index in [-0.39, 0.29) is 11.5 Å². The average molecular weight is 376 g/mol. The van der Waals surface area contributed by atoms with Gasteiger partial charge in [-0.25, -0.2) is 19.6 Å². The van der Waals surface area contributed by atoms with Crippen molar-refractivity contribution in [2.45, 2.75) is 72.0 Å². The van der Waals surface area contributed by atoms with E-state index in [0.29, 0.717) is 6.54 Å². The molecule has 7 nitrogen and oxygen atoms in total. The average Bonchev–Trinajstić information content (AvgIpc) is 3.18. The lowest BCUT2D eigenvalue weighted by molar-refractivity contribution is 0.397. The van der Waals surface area contributed by atoms with Crippen molar-refractivity contribution in [2.24, 2.45) is 4.99 Å². The number of fused-ring (bicyclic) bond motifs is 1. The van der Waals surface area contributed by atoms with Crippen molar-refractivity contribution < 1.29 is 0 Å². The maximum atomic E-state index is 4.74. The Morgan fingerprint density at radius 2 is 2.19 bits per heavy atom. The Morgan fingerprint density at radius 1 is 1.38 bits per heavy atom. The SMILES string of the molecule is CCNC(=NCc1nc(C(C)(C)C)cs1)NC1CCCn2nc(C)nc21. The summed E-state index contributed by atoms with van der Waals surface area (Å²) in [6.07, 6.45) is 2.13. The zero-order chi connectivity index (χ0) is 18.7. The number of hydrogen-bond acceptors (Lipinski definition) is 5. The minimum atomic E-state index is 0.0746. The van der Waals surface area contributed by atoms with Gasteiger partial charge in [-0.1, -0.05) is 20.8 Å². The van der Waals surface area contributed by atoms with Crippen molar-refractivity contribution in [2.75, 3.05) is 6.54 Å². The zero-order valence-corrected chi connectivity index (χ0v) is 17.2. The monoisotopic (exact) mass is 375 g/mol. The van der Waals surface area contributed by atoms with Gasteiger partial charge in [0.2, 0.25) is 0 Å². The second kappa shape index (κ2) is 7.73. The van der Waals surface area contributed by atoms with Crippen LogP contribution in [0.5, 0.6) is 0 Å². The van der Waals surface area contributed by atoms with Crippen molar-refractivity contribution in [3.63, 3.8) is 0 Å². The molecule has 0 fully saturated rings. The highest BCUT2D eigenvalue weighted by molar-refractivity contribution is 7.09. The lowest BCUT2D eigenvalue weighted by Crippen LogP contribution is -2.41. The van der Waals surface area contributed by atoms with Gasteiger partial charge in [-0.3, -0.25) is 0 Å². The number of rotatable bonds is 4. The number of aliphatic imine (C=N–C) groups is 1. The minimum Gasteiger partial charge on any atom is -0.357 e. The van der Waals surface area contributed by atoms with E-state index in [4.69, 9.17) is 9.98 Å². The van der Waals surface area contributed by atoms with Gasteiger partial charge in [-0.15, -0.1) is 11.3 Å². The molecule has 0 aromatic carbocycles. The highest BCUT2D eigenvalue weighted by Crippen LogP contribution is 2.25. The Bertz CT molecular complexity index is 769. The molecule has 0 amide bonds. The predicted molar refractivity (Wildman–Crippen MR) is 105 cm³/mol. The lowest BCUT2D eigenvalue weighted by atomic mass is 9.93. The van der Waals surface area contributed by atoms with Gasteiger partial charge in [0.25, 0.3) is 0 Å². The number of nitrogens with one attached hydrogen (secondary N) is 2. The third-order valence-electron chi connectivity index (χ3n) is 4.33. The Morgan fingerprint density at radius 3 is 2.88 bits per heavy atom. The van der Waals surface area contributed by atoms with Crippen LogP contribution in [0, 0.1) is 6.92 Å². The Kier molecular flexibility index (Phi) is 5.60. The summed E-state index contributed by atoms with van der Waals surface area (Å²) in [4.78, 5) is 14.1. The summed E-state index contributed by atoms with van der Waals surface area (Å²) < 4.78 is 2.01. The zero-order valence-electron chi connectivity index (χ0n) is 16.3. The molecule has 26 heavy (non-hydrogen) atoms. The van der Waals surface area contributed by atoms with E-state index < -0.39 is 0 Å². The summed E-state index contributed by atoms with van der Waals surface area (Å²) in [5.74, 6) is 2.64. The normalized spacial score (nSPS) is 17.9. The van der Waals surface area contributed by atoms with E-state index in [9.17, 15) is 0 Å². The molecule has 3 heterocycles. The summed E-state index contributed by atoms with van der Waals surface area (Å²) in [7, 11) is 0. The highest BCUT2D eigenvalue weighted by atomic mass is 32.1. The summed E-state index contributed by atoms with van der Waals surface area (Å²) in [6.45, 7) is 12.9. The number of hydrogen-bond donors (Lipinski definition) is 2. The third kappa shape index (κ3) is 4.41. The van der Waals surface area contributed by atoms with E-state index in [1.807, 2.05) is 11.6 Å². The standard InChI is InChI=1S/C18H29N7S/c1-6-19-17(20-10-15-23-14(11-26-15)18(3,4)5)22-13-8-7-9-25-16(13)21-12(2)24-25/h11,13H,6-10H2,1-5H3,(H2,19,20,22). The number of thiazole rings is 1. The Balaban J connectivity index is 1.71. The number of aromatic nitrogens is 4. The van der Waals surface area contributed by atoms with Crippen molar-refractivity contribution in [1.29, 1.82) is 0 Å². The number of nitrogens with zero attached hydrogens (tertiary/aromatic N) is 5. The van der Waals surface area contributed by atoms with Crippen LogP contribution in [0.1, 0.15) is 68.9 Å². The van der Waals surface area contributed by atoms with E-state index in [1.54, 1.807) is 11.3 Å². The largest absolute Gasteiger partial charge is 0.357 e. The van der Waals surface area contributed by atoms with Gasteiger partial charge in [0.05, 0.1) is 18.3 Å². The molecule has 0 radical (unpaired) electrons. The molecule has 2 N–H and O–H groups in total. The van der Waals surface area contributed by atoms with Gasteiger partial charge in [0.1, 0.15) is 16.7 Å². The van der Waals surface area contributed by atoms with Gasteiger partial charge in [0.15, 0.2) is 5.96 Å². The second-order valence-electron chi connectivity index (χ2n) is 7.65. The van der Waals surface area contributed by atoms with Crippen molar-refractivity contribution in [3.8, 4) is 0 Å². The first-order chi connectivity index (χ1) is 12.4. The fourth-order valence-corrected chi connectivity index (χ4v) is 3.91. The maximum Gasteiger partial charge on any atom is 0.192 e. The van der Waals surface area contributed by atoms with E-state index in [1.165, 1.54) is 0 Å². The second-order valence-corrected chi connectivity index (χ2v) is 8.59. The van der Waals surface area contributed by atoms with Crippen molar-refractivity contribution >= 4 is 17.3 Å². The first kappa shape index (κ1) is 18.8. The summed E-state index contributed by atoms with van der Waals surface area (Å²) in [5, 5.41) is 14.5. The Labute approximate surface area is 159 Å². The topological polar surface area (TPSA) is 80.0 Å². The van der Waals surface area contributed by atoms with Crippen LogP contribution in [0.2, 0.25) is 0 Å². The fourth-order valence-electron chi connectivity index (χ4n) is 2.96. The van der Waals surface area contributed by atoms with Gasteiger partial charge < -0.3 is 10.6 Å². The number of guanidine groups is 1. The first-order valence-electron chi connectivity index (χ1n) is 9.28. The van der Waals surface area contributed by atoms with Crippen LogP contribution in [-0.2, 0) is 18.5 Å². The van der Waals surface area contributed by atoms with Crippen LogP contribution in [0.3, 0.4) is 0 Å². The molecule has 0 saturated heterocycles. The quantitative estimate of drug-likeness (QED) is 0.634. The fraction of sp³-hybridized carbons (Fsp3) is 0.667. The maximum absolute atomic E-state index is 4.74. The molecule has 0 bridgehead atoms. The number of aryl methyl sites for hydroxylation is 2. The van der Waals surface area contributed by atoms with Gasteiger partial charge in [-0.2, -0.15) is 5.10 Å².